The summed E-state index contributed by atoms with van der Waals surface area (Å²) in [6.07, 6.45) is -0.148. The number of anilines is 1. The molecule has 0 spiro atoms. The Morgan fingerprint density at radius 1 is 1.09 bits per heavy atom. The molecule has 182 valence electrons. The fourth-order valence-electron chi connectivity index (χ4n) is 3.91. The molecule has 0 saturated carbocycles. The van der Waals surface area contributed by atoms with Crippen LogP contribution in [-0.2, 0) is 11.3 Å². The summed E-state index contributed by atoms with van der Waals surface area (Å²) in [5.74, 6) is -0.388. The van der Waals surface area contributed by atoms with Gasteiger partial charge in [0.15, 0.2) is 12.4 Å². The SMILES string of the molecule is Nc1cc(OCC(=O)c2ccccc2)c(C(=O)NCC2CN(Cc3ccccc3)CCO2)cc1Cl. The number of hydrogen-bond donors (Lipinski definition) is 2. The Morgan fingerprint density at radius 2 is 1.80 bits per heavy atom. The fraction of sp³-hybridized carbons (Fsp3) is 0.259. The number of rotatable bonds is 9. The molecule has 1 aliphatic rings. The number of amides is 1. The highest BCUT2D eigenvalue weighted by atomic mass is 35.5. The number of ketones is 1. The molecule has 1 saturated heterocycles. The van der Waals surface area contributed by atoms with E-state index >= 15 is 0 Å². The van der Waals surface area contributed by atoms with Gasteiger partial charge in [-0.15, -0.1) is 0 Å². The Morgan fingerprint density at radius 3 is 2.54 bits per heavy atom. The van der Waals surface area contributed by atoms with Crippen molar-refractivity contribution in [3.8, 4) is 5.75 Å². The van der Waals surface area contributed by atoms with E-state index in [-0.39, 0.29) is 46.4 Å². The van der Waals surface area contributed by atoms with E-state index in [4.69, 9.17) is 26.8 Å². The average Bonchev–Trinajstić information content (AvgIpc) is 2.89. The smallest absolute Gasteiger partial charge is 0.255 e. The van der Waals surface area contributed by atoms with Crippen LogP contribution < -0.4 is 15.8 Å². The van der Waals surface area contributed by atoms with E-state index in [9.17, 15) is 9.59 Å². The standard InChI is InChI=1S/C27H28ClN3O4/c28-23-13-22(26(14-24(23)29)35-18-25(32)20-9-5-2-6-10-20)27(33)30-15-21-17-31(11-12-34-21)16-19-7-3-1-4-8-19/h1-10,13-14,21H,11-12,15-18,29H2,(H,30,33). The predicted octanol–water partition coefficient (Wildman–Crippen LogP) is 3.81. The third-order valence-electron chi connectivity index (χ3n) is 5.76. The first-order valence-corrected chi connectivity index (χ1v) is 11.8. The van der Waals surface area contributed by atoms with E-state index in [0.717, 1.165) is 13.1 Å². The minimum Gasteiger partial charge on any atom is -0.485 e. The number of nitrogens with one attached hydrogen (secondary N) is 1. The number of carbonyl (C=O) groups excluding carboxylic acids is 2. The first-order chi connectivity index (χ1) is 17.0. The minimum absolute atomic E-state index is 0.148. The van der Waals surface area contributed by atoms with Crippen LogP contribution in [0.2, 0.25) is 5.02 Å². The van der Waals surface area contributed by atoms with Crippen LogP contribution in [0.5, 0.6) is 5.75 Å². The maximum atomic E-state index is 13.0. The van der Waals surface area contributed by atoms with Crippen LogP contribution in [0.1, 0.15) is 26.3 Å². The number of nitrogens with zero attached hydrogens (tertiary/aromatic N) is 1. The zero-order valence-electron chi connectivity index (χ0n) is 19.3. The van der Waals surface area contributed by atoms with Crippen molar-refractivity contribution in [2.45, 2.75) is 12.6 Å². The molecule has 1 fully saturated rings. The summed E-state index contributed by atoms with van der Waals surface area (Å²) < 4.78 is 11.6. The van der Waals surface area contributed by atoms with Gasteiger partial charge in [0.25, 0.3) is 5.91 Å². The molecule has 1 aliphatic heterocycles. The van der Waals surface area contributed by atoms with Crippen LogP contribution in [0.4, 0.5) is 5.69 Å². The average molecular weight is 494 g/mol. The fourth-order valence-corrected chi connectivity index (χ4v) is 4.07. The lowest BCUT2D eigenvalue weighted by Gasteiger charge is -2.33. The van der Waals surface area contributed by atoms with Gasteiger partial charge in [0.05, 0.1) is 29.0 Å². The summed E-state index contributed by atoms with van der Waals surface area (Å²) in [6.45, 7) is 3.06. The number of carbonyl (C=O) groups is 2. The number of halogens is 1. The quantitative estimate of drug-likeness (QED) is 0.348. The molecule has 0 bridgehead atoms. The van der Waals surface area contributed by atoms with E-state index in [1.807, 2.05) is 24.3 Å². The molecule has 3 N–H and O–H groups in total. The van der Waals surface area contributed by atoms with Gasteiger partial charge in [0.2, 0.25) is 0 Å². The molecule has 1 heterocycles. The van der Waals surface area contributed by atoms with Gasteiger partial charge in [-0.3, -0.25) is 14.5 Å². The second kappa shape index (κ2) is 11.8. The molecule has 7 nitrogen and oxygen atoms in total. The second-order valence-electron chi connectivity index (χ2n) is 8.37. The molecule has 8 heteroatoms. The van der Waals surface area contributed by atoms with Gasteiger partial charge in [-0.05, 0) is 11.6 Å². The van der Waals surface area contributed by atoms with Crippen molar-refractivity contribution < 1.29 is 19.1 Å². The van der Waals surface area contributed by atoms with Crippen LogP contribution >= 0.6 is 11.6 Å². The molecular weight excluding hydrogens is 466 g/mol. The molecule has 0 aliphatic carbocycles. The van der Waals surface area contributed by atoms with E-state index in [0.29, 0.717) is 25.3 Å². The Balaban J connectivity index is 1.36. The van der Waals surface area contributed by atoms with Gasteiger partial charge in [-0.1, -0.05) is 72.3 Å². The van der Waals surface area contributed by atoms with Crippen LogP contribution in [0.15, 0.2) is 72.8 Å². The van der Waals surface area contributed by atoms with Crippen molar-refractivity contribution >= 4 is 29.0 Å². The molecule has 3 aromatic rings. The zero-order valence-corrected chi connectivity index (χ0v) is 20.0. The summed E-state index contributed by atoms with van der Waals surface area (Å²) in [5, 5.41) is 3.14. The molecule has 0 aromatic heterocycles. The molecule has 3 aromatic carbocycles. The first-order valence-electron chi connectivity index (χ1n) is 11.5. The monoisotopic (exact) mass is 493 g/mol. The van der Waals surface area contributed by atoms with Gasteiger partial charge in [-0.25, -0.2) is 0 Å². The van der Waals surface area contributed by atoms with Gasteiger partial charge in [-0.2, -0.15) is 0 Å². The van der Waals surface area contributed by atoms with E-state index < -0.39 is 0 Å². The number of hydrogen-bond acceptors (Lipinski definition) is 6. The van der Waals surface area contributed by atoms with Crippen molar-refractivity contribution in [3.05, 3.63) is 94.5 Å². The van der Waals surface area contributed by atoms with E-state index in [2.05, 4.69) is 22.3 Å². The number of benzene rings is 3. The lowest BCUT2D eigenvalue weighted by atomic mass is 10.1. The lowest BCUT2D eigenvalue weighted by molar-refractivity contribution is -0.0292. The van der Waals surface area contributed by atoms with Crippen LogP contribution in [0.3, 0.4) is 0 Å². The van der Waals surface area contributed by atoms with Crippen LogP contribution in [0, 0.1) is 0 Å². The van der Waals surface area contributed by atoms with Crippen molar-refractivity contribution in [2.75, 3.05) is 38.6 Å². The van der Waals surface area contributed by atoms with Crippen LogP contribution in [0.25, 0.3) is 0 Å². The highest BCUT2D eigenvalue weighted by Gasteiger charge is 2.23. The maximum Gasteiger partial charge on any atom is 0.255 e. The summed E-state index contributed by atoms with van der Waals surface area (Å²) in [5.41, 5.74) is 8.15. The largest absolute Gasteiger partial charge is 0.485 e. The molecule has 35 heavy (non-hydrogen) atoms. The van der Waals surface area contributed by atoms with E-state index in [1.54, 1.807) is 24.3 Å². The van der Waals surface area contributed by atoms with Crippen molar-refractivity contribution in [2.24, 2.45) is 0 Å². The zero-order chi connectivity index (χ0) is 24.6. The number of nitrogens with two attached hydrogens (primary N) is 1. The molecule has 1 atom stereocenters. The Hall–Kier alpha value is -3.39. The van der Waals surface area contributed by atoms with Crippen LogP contribution in [-0.4, -0.2) is 55.5 Å². The highest BCUT2D eigenvalue weighted by Crippen LogP contribution is 2.29. The summed E-state index contributed by atoms with van der Waals surface area (Å²) in [6, 6.07) is 22.0. The predicted molar refractivity (Wildman–Crippen MR) is 136 cm³/mol. The molecule has 0 radical (unpaired) electrons. The second-order valence-corrected chi connectivity index (χ2v) is 8.78. The Kier molecular flexibility index (Phi) is 8.36. The Bertz CT molecular complexity index is 1160. The first kappa shape index (κ1) is 24.7. The highest BCUT2D eigenvalue weighted by molar-refractivity contribution is 6.33. The summed E-state index contributed by atoms with van der Waals surface area (Å²) in [7, 11) is 0. The molecular formula is C27H28ClN3O4. The number of Topliss-reactive ketones (excluding diaryl/α,β-unsaturated/α-hetero) is 1. The summed E-state index contributed by atoms with van der Waals surface area (Å²) >= 11 is 6.17. The number of ether oxygens (including phenoxy) is 2. The van der Waals surface area contributed by atoms with Crippen molar-refractivity contribution in [3.63, 3.8) is 0 Å². The van der Waals surface area contributed by atoms with Crippen molar-refractivity contribution in [1.29, 1.82) is 0 Å². The third-order valence-corrected chi connectivity index (χ3v) is 6.09. The number of morpholine rings is 1. The van der Waals surface area contributed by atoms with Gasteiger partial charge in [0.1, 0.15) is 5.75 Å². The van der Waals surface area contributed by atoms with E-state index in [1.165, 1.54) is 17.7 Å². The third kappa shape index (κ3) is 6.82. The normalized spacial score (nSPS) is 16.0. The Labute approximate surface area is 209 Å². The van der Waals surface area contributed by atoms with Gasteiger partial charge >= 0.3 is 0 Å². The maximum absolute atomic E-state index is 13.0. The molecule has 1 amide bonds. The molecule has 1 unspecified atom stereocenters. The molecule has 4 rings (SSSR count). The topological polar surface area (TPSA) is 93.9 Å². The van der Waals surface area contributed by atoms with Crippen molar-refractivity contribution in [1.82, 2.24) is 10.2 Å². The minimum atomic E-state index is -0.377. The summed E-state index contributed by atoms with van der Waals surface area (Å²) in [4.78, 5) is 27.8. The van der Waals surface area contributed by atoms with Gasteiger partial charge < -0.3 is 20.5 Å². The van der Waals surface area contributed by atoms with Gasteiger partial charge in [0, 0.05) is 37.8 Å². The lowest BCUT2D eigenvalue weighted by Crippen LogP contribution is -2.47. The number of nitrogen functional groups attached to an aromatic ring is 1.